The van der Waals surface area contributed by atoms with E-state index in [1.165, 1.54) is 0 Å². The van der Waals surface area contributed by atoms with Crippen molar-refractivity contribution in [3.05, 3.63) is 48.3 Å². The van der Waals surface area contributed by atoms with E-state index in [4.69, 9.17) is 5.73 Å². The van der Waals surface area contributed by atoms with Gasteiger partial charge >= 0.3 is 0 Å². The third kappa shape index (κ3) is 1.97. The molecule has 2 rings (SSSR count). The van der Waals surface area contributed by atoms with E-state index in [1.54, 1.807) is 18.5 Å². The Bertz CT molecular complexity index is 454. The van der Waals surface area contributed by atoms with Crippen LogP contribution in [0.4, 0.5) is 0 Å². The quantitative estimate of drug-likeness (QED) is 0.778. The Hall–Kier alpha value is -1.87. The maximum absolute atomic E-state index is 9.80. The van der Waals surface area contributed by atoms with Crippen LogP contribution in [0.15, 0.2) is 42.7 Å². The molecular formula is C12H12N2O. The number of phenolic OH excluding ortho intramolecular Hbond substituents is 1. The van der Waals surface area contributed by atoms with E-state index in [0.717, 1.165) is 16.7 Å². The molecule has 0 radical (unpaired) electrons. The van der Waals surface area contributed by atoms with Gasteiger partial charge in [0.15, 0.2) is 0 Å². The molecule has 0 aliphatic heterocycles. The number of hydrogen-bond donors (Lipinski definition) is 2. The summed E-state index contributed by atoms with van der Waals surface area (Å²) in [5, 5.41) is 9.80. The van der Waals surface area contributed by atoms with Gasteiger partial charge in [0.25, 0.3) is 0 Å². The standard InChI is InChI=1S/C12H12N2O/c13-8-9-1-2-11(12(15)7-9)10-3-5-14-6-4-10/h1-7,15H,8,13H2. The Kier molecular flexibility index (Phi) is 2.65. The van der Waals surface area contributed by atoms with Crippen LogP contribution in [-0.4, -0.2) is 10.1 Å². The van der Waals surface area contributed by atoms with E-state index < -0.39 is 0 Å². The lowest BCUT2D eigenvalue weighted by atomic mass is 10.0. The predicted octanol–water partition coefficient (Wildman–Crippen LogP) is 1.91. The van der Waals surface area contributed by atoms with E-state index in [0.29, 0.717) is 6.54 Å². The van der Waals surface area contributed by atoms with Gasteiger partial charge in [0.2, 0.25) is 0 Å². The zero-order valence-corrected chi connectivity index (χ0v) is 8.22. The van der Waals surface area contributed by atoms with Crippen molar-refractivity contribution < 1.29 is 5.11 Å². The smallest absolute Gasteiger partial charge is 0.123 e. The summed E-state index contributed by atoms with van der Waals surface area (Å²) in [6.07, 6.45) is 3.40. The second-order valence-corrected chi connectivity index (χ2v) is 3.29. The Labute approximate surface area is 88.2 Å². The van der Waals surface area contributed by atoms with E-state index in [2.05, 4.69) is 4.98 Å². The Morgan fingerprint density at radius 3 is 2.47 bits per heavy atom. The van der Waals surface area contributed by atoms with Gasteiger partial charge in [0.1, 0.15) is 5.75 Å². The number of phenols is 1. The molecule has 1 aromatic heterocycles. The van der Waals surface area contributed by atoms with Crippen molar-refractivity contribution in [2.75, 3.05) is 0 Å². The molecule has 0 aliphatic carbocycles. The van der Waals surface area contributed by atoms with E-state index in [9.17, 15) is 5.11 Å². The van der Waals surface area contributed by atoms with Gasteiger partial charge in [-0.2, -0.15) is 0 Å². The van der Waals surface area contributed by atoms with Gasteiger partial charge in [-0.3, -0.25) is 4.98 Å². The first-order valence-corrected chi connectivity index (χ1v) is 4.73. The summed E-state index contributed by atoms with van der Waals surface area (Å²) in [7, 11) is 0. The zero-order valence-electron chi connectivity index (χ0n) is 8.22. The molecule has 3 heteroatoms. The molecule has 0 bridgehead atoms. The fourth-order valence-corrected chi connectivity index (χ4v) is 1.48. The molecule has 0 amide bonds. The molecule has 76 valence electrons. The number of hydrogen-bond acceptors (Lipinski definition) is 3. The number of aromatic nitrogens is 1. The highest BCUT2D eigenvalue weighted by atomic mass is 16.3. The van der Waals surface area contributed by atoms with E-state index in [-0.39, 0.29) is 5.75 Å². The molecule has 1 heterocycles. The summed E-state index contributed by atoms with van der Waals surface area (Å²) >= 11 is 0. The van der Waals surface area contributed by atoms with Crippen molar-refractivity contribution in [1.29, 1.82) is 0 Å². The zero-order chi connectivity index (χ0) is 10.7. The van der Waals surface area contributed by atoms with Gasteiger partial charge in [0.05, 0.1) is 0 Å². The van der Waals surface area contributed by atoms with E-state index in [1.807, 2.05) is 24.3 Å². The molecule has 0 saturated carbocycles. The number of pyridine rings is 1. The molecule has 0 aliphatic rings. The van der Waals surface area contributed by atoms with Crippen LogP contribution in [0.25, 0.3) is 11.1 Å². The van der Waals surface area contributed by atoms with Crippen LogP contribution >= 0.6 is 0 Å². The SMILES string of the molecule is NCc1ccc(-c2ccncc2)c(O)c1. The molecule has 2 aromatic rings. The minimum atomic E-state index is 0.254. The molecule has 15 heavy (non-hydrogen) atoms. The minimum Gasteiger partial charge on any atom is -0.507 e. The fourth-order valence-electron chi connectivity index (χ4n) is 1.48. The molecule has 3 N–H and O–H groups in total. The van der Waals surface area contributed by atoms with Gasteiger partial charge in [-0.1, -0.05) is 12.1 Å². The monoisotopic (exact) mass is 200 g/mol. The van der Waals surface area contributed by atoms with Crippen LogP contribution in [-0.2, 0) is 6.54 Å². The fraction of sp³-hybridized carbons (Fsp3) is 0.0833. The second-order valence-electron chi connectivity index (χ2n) is 3.29. The molecule has 0 saturated heterocycles. The van der Waals surface area contributed by atoms with Crippen LogP contribution < -0.4 is 5.73 Å². The molecule has 0 unspecified atom stereocenters. The molecule has 3 nitrogen and oxygen atoms in total. The summed E-state index contributed by atoms with van der Waals surface area (Å²) in [4.78, 5) is 3.93. The average Bonchev–Trinajstić information content (AvgIpc) is 2.30. The number of benzene rings is 1. The Morgan fingerprint density at radius 2 is 1.87 bits per heavy atom. The summed E-state index contributed by atoms with van der Waals surface area (Å²) in [5.74, 6) is 0.254. The molecular weight excluding hydrogens is 188 g/mol. The number of nitrogens with two attached hydrogens (primary N) is 1. The van der Waals surface area contributed by atoms with Crippen molar-refractivity contribution in [3.63, 3.8) is 0 Å². The Balaban J connectivity index is 2.46. The van der Waals surface area contributed by atoms with Crippen LogP contribution in [0.5, 0.6) is 5.75 Å². The summed E-state index contributed by atoms with van der Waals surface area (Å²) in [5.41, 5.74) is 8.16. The highest BCUT2D eigenvalue weighted by Gasteiger charge is 2.03. The van der Waals surface area contributed by atoms with Crippen LogP contribution in [0, 0.1) is 0 Å². The van der Waals surface area contributed by atoms with Crippen molar-refractivity contribution in [1.82, 2.24) is 4.98 Å². The van der Waals surface area contributed by atoms with Crippen molar-refractivity contribution in [2.24, 2.45) is 5.73 Å². The normalized spacial score (nSPS) is 10.2. The number of nitrogens with zero attached hydrogens (tertiary/aromatic N) is 1. The molecule has 0 spiro atoms. The van der Waals surface area contributed by atoms with Gasteiger partial charge in [0, 0.05) is 24.5 Å². The van der Waals surface area contributed by atoms with Crippen molar-refractivity contribution in [3.8, 4) is 16.9 Å². The molecule has 0 atom stereocenters. The Morgan fingerprint density at radius 1 is 1.13 bits per heavy atom. The highest BCUT2D eigenvalue weighted by molar-refractivity contribution is 5.69. The maximum atomic E-state index is 9.80. The van der Waals surface area contributed by atoms with Crippen LogP contribution in [0.3, 0.4) is 0 Å². The van der Waals surface area contributed by atoms with Gasteiger partial charge in [-0.25, -0.2) is 0 Å². The largest absolute Gasteiger partial charge is 0.507 e. The minimum absolute atomic E-state index is 0.254. The second kappa shape index (κ2) is 4.11. The summed E-state index contributed by atoms with van der Waals surface area (Å²) in [6.45, 7) is 0.435. The van der Waals surface area contributed by atoms with Crippen LogP contribution in [0.1, 0.15) is 5.56 Å². The summed E-state index contributed by atoms with van der Waals surface area (Å²) < 4.78 is 0. The van der Waals surface area contributed by atoms with Crippen molar-refractivity contribution >= 4 is 0 Å². The van der Waals surface area contributed by atoms with E-state index >= 15 is 0 Å². The van der Waals surface area contributed by atoms with Crippen LogP contribution in [0.2, 0.25) is 0 Å². The molecule has 0 fully saturated rings. The summed E-state index contributed by atoms with van der Waals surface area (Å²) in [6, 6.07) is 9.19. The third-order valence-corrected chi connectivity index (χ3v) is 2.29. The number of aromatic hydroxyl groups is 1. The number of rotatable bonds is 2. The van der Waals surface area contributed by atoms with Crippen molar-refractivity contribution in [2.45, 2.75) is 6.54 Å². The lowest BCUT2D eigenvalue weighted by molar-refractivity contribution is 0.476. The van der Waals surface area contributed by atoms with Gasteiger partial charge in [-0.05, 0) is 29.3 Å². The third-order valence-electron chi connectivity index (χ3n) is 2.29. The first-order valence-electron chi connectivity index (χ1n) is 4.73. The predicted molar refractivity (Wildman–Crippen MR) is 59.2 cm³/mol. The topological polar surface area (TPSA) is 59.1 Å². The van der Waals surface area contributed by atoms with Gasteiger partial charge in [-0.15, -0.1) is 0 Å². The average molecular weight is 200 g/mol. The maximum Gasteiger partial charge on any atom is 0.123 e. The van der Waals surface area contributed by atoms with Gasteiger partial charge < -0.3 is 10.8 Å². The molecule has 1 aromatic carbocycles. The first-order chi connectivity index (χ1) is 7.31. The first kappa shape index (κ1) is 9.68. The lowest BCUT2D eigenvalue weighted by Crippen LogP contribution is -1.95. The highest BCUT2D eigenvalue weighted by Crippen LogP contribution is 2.29. The lowest BCUT2D eigenvalue weighted by Gasteiger charge is -2.05.